The highest BCUT2D eigenvalue weighted by Crippen LogP contribution is 2.26. The Morgan fingerprint density at radius 2 is 1.66 bits per heavy atom. The van der Waals surface area contributed by atoms with E-state index in [2.05, 4.69) is 0 Å². The van der Waals surface area contributed by atoms with Crippen molar-refractivity contribution in [2.45, 2.75) is 32.9 Å². The summed E-state index contributed by atoms with van der Waals surface area (Å²) in [4.78, 5) is 51.8. The molecule has 1 heterocycles. The number of carbonyl (C=O) groups excluding carboxylic acids is 3. The van der Waals surface area contributed by atoms with Gasteiger partial charge in [-0.1, -0.05) is 30.3 Å². The lowest BCUT2D eigenvalue weighted by molar-refractivity contribution is -0.137. The van der Waals surface area contributed by atoms with Gasteiger partial charge in [0, 0.05) is 18.2 Å². The van der Waals surface area contributed by atoms with Crippen molar-refractivity contribution < 1.29 is 24.3 Å². The Bertz CT molecular complexity index is 968. The molecular weight excluding hydrogens is 372 g/mol. The maximum absolute atomic E-state index is 12.9. The third-order valence-corrected chi connectivity index (χ3v) is 4.85. The van der Waals surface area contributed by atoms with Crippen molar-refractivity contribution in [1.82, 2.24) is 9.80 Å². The number of imide groups is 1. The van der Waals surface area contributed by atoms with Crippen LogP contribution >= 0.6 is 0 Å². The molecule has 0 saturated heterocycles. The van der Waals surface area contributed by atoms with Gasteiger partial charge in [0.2, 0.25) is 0 Å². The van der Waals surface area contributed by atoms with Crippen LogP contribution in [0, 0.1) is 0 Å². The van der Waals surface area contributed by atoms with E-state index in [-0.39, 0.29) is 54.1 Å². The second kappa shape index (κ2) is 8.26. The van der Waals surface area contributed by atoms with Crippen molar-refractivity contribution in [2.24, 2.45) is 0 Å². The van der Waals surface area contributed by atoms with Gasteiger partial charge in [-0.05, 0) is 37.6 Å². The number of amides is 3. The molecule has 0 saturated carbocycles. The molecule has 2 aromatic carbocycles. The summed E-state index contributed by atoms with van der Waals surface area (Å²) in [5.41, 5.74) is 1.55. The van der Waals surface area contributed by atoms with Crippen molar-refractivity contribution >= 4 is 23.7 Å². The summed E-state index contributed by atoms with van der Waals surface area (Å²) in [5, 5.41) is 8.91. The summed E-state index contributed by atoms with van der Waals surface area (Å²) < 4.78 is 0. The van der Waals surface area contributed by atoms with Gasteiger partial charge in [0.15, 0.2) is 0 Å². The number of aliphatic carboxylic acids is 1. The second-order valence-electron chi connectivity index (χ2n) is 7.18. The van der Waals surface area contributed by atoms with Crippen LogP contribution in [0.5, 0.6) is 0 Å². The van der Waals surface area contributed by atoms with E-state index >= 15 is 0 Å². The summed E-state index contributed by atoms with van der Waals surface area (Å²) in [6.07, 6.45) is -0.170. The number of rotatable bonds is 7. The molecule has 7 nitrogen and oxygen atoms in total. The van der Waals surface area contributed by atoms with E-state index in [9.17, 15) is 19.2 Å². The molecule has 1 aliphatic rings. The van der Waals surface area contributed by atoms with E-state index in [0.717, 1.165) is 5.56 Å². The Morgan fingerprint density at radius 3 is 2.28 bits per heavy atom. The molecule has 0 aliphatic carbocycles. The molecule has 0 radical (unpaired) electrons. The smallest absolute Gasteiger partial charge is 0.305 e. The van der Waals surface area contributed by atoms with Crippen LogP contribution in [-0.2, 0) is 11.3 Å². The standard InChI is InChI=1S/C22H22N2O5/c1-14(2)23(11-10-19(25)26)20(27)16-8-9-17-18(12-16)22(29)24(21(17)28)13-15-6-4-3-5-7-15/h3-9,12,14H,10-11,13H2,1-2H3,(H,25,26). The van der Waals surface area contributed by atoms with Crippen LogP contribution in [0.3, 0.4) is 0 Å². The van der Waals surface area contributed by atoms with Gasteiger partial charge in [-0.15, -0.1) is 0 Å². The van der Waals surface area contributed by atoms with Crippen molar-refractivity contribution in [3.8, 4) is 0 Å². The van der Waals surface area contributed by atoms with Crippen LogP contribution in [0.1, 0.15) is 56.9 Å². The highest BCUT2D eigenvalue weighted by Gasteiger charge is 2.36. The average molecular weight is 394 g/mol. The SMILES string of the molecule is CC(C)N(CCC(=O)O)C(=O)c1ccc2c(c1)C(=O)N(Cc1ccccc1)C2=O. The highest BCUT2D eigenvalue weighted by molar-refractivity contribution is 6.22. The Labute approximate surface area is 168 Å². The molecule has 1 N–H and O–H groups in total. The number of hydrogen-bond donors (Lipinski definition) is 1. The molecule has 2 aromatic rings. The van der Waals surface area contributed by atoms with Crippen molar-refractivity contribution in [1.29, 1.82) is 0 Å². The van der Waals surface area contributed by atoms with Crippen molar-refractivity contribution in [3.63, 3.8) is 0 Å². The fourth-order valence-corrected chi connectivity index (χ4v) is 3.31. The quantitative estimate of drug-likeness (QED) is 0.729. The van der Waals surface area contributed by atoms with Crippen LogP contribution in [0.4, 0.5) is 0 Å². The minimum atomic E-state index is -0.991. The Kier molecular flexibility index (Phi) is 5.77. The molecule has 0 atom stereocenters. The Hall–Kier alpha value is -3.48. The number of benzene rings is 2. The average Bonchev–Trinajstić information content (AvgIpc) is 2.92. The van der Waals surface area contributed by atoms with E-state index < -0.39 is 11.9 Å². The first-order chi connectivity index (χ1) is 13.8. The number of nitrogens with zero attached hydrogens (tertiary/aromatic N) is 2. The predicted molar refractivity (Wildman–Crippen MR) is 106 cm³/mol. The van der Waals surface area contributed by atoms with Crippen LogP contribution in [-0.4, -0.2) is 51.2 Å². The zero-order chi connectivity index (χ0) is 21.1. The number of carboxylic acids is 1. The molecule has 0 spiro atoms. The zero-order valence-corrected chi connectivity index (χ0v) is 16.3. The van der Waals surface area contributed by atoms with Crippen LogP contribution in [0.25, 0.3) is 0 Å². The van der Waals surface area contributed by atoms with Crippen molar-refractivity contribution in [3.05, 3.63) is 70.8 Å². The first kappa shape index (κ1) is 20.3. The van der Waals surface area contributed by atoms with Gasteiger partial charge in [-0.25, -0.2) is 0 Å². The molecule has 0 fully saturated rings. The van der Waals surface area contributed by atoms with Gasteiger partial charge < -0.3 is 10.0 Å². The zero-order valence-electron chi connectivity index (χ0n) is 16.3. The predicted octanol–water partition coefficient (Wildman–Crippen LogP) is 2.81. The topological polar surface area (TPSA) is 95.0 Å². The highest BCUT2D eigenvalue weighted by atomic mass is 16.4. The molecule has 0 unspecified atom stereocenters. The summed E-state index contributed by atoms with van der Waals surface area (Å²) in [7, 11) is 0. The number of carbonyl (C=O) groups is 4. The van der Waals surface area contributed by atoms with E-state index in [4.69, 9.17) is 5.11 Å². The minimum absolute atomic E-state index is 0.0654. The van der Waals surface area contributed by atoms with E-state index in [1.165, 1.54) is 28.0 Å². The third kappa shape index (κ3) is 4.18. The maximum Gasteiger partial charge on any atom is 0.305 e. The monoisotopic (exact) mass is 394 g/mol. The fourth-order valence-electron chi connectivity index (χ4n) is 3.31. The molecule has 3 rings (SSSR count). The molecule has 0 bridgehead atoms. The molecule has 1 aliphatic heterocycles. The summed E-state index contributed by atoms with van der Waals surface area (Å²) >= 11 is 0. The van der Waals surface area contributed by atoms with E-state index in [1.54, 1.807) is 13.8 Å². The molecule has 29 heavy (non-hydrogen) atoms. The van der Waals surface area contributed by atoms with Gasteiger partial charge in [0.1, 0.15) is 0 Å². The number of hydrogen-bond acceptors (Lipinski definition) is 4. The van der Waals surface area contributed by atoms with Gasteiger partial charge in [-0.2, -0.15) is 0 Å². The van der Waals surface area contributed by atoms with Gasteiger partial charge >= 0.3 is 5.97 Å². The molecule has 0 aromatic heterocycles. The largest absolute Gasteiger partial charge is 0.481 e. The first-order valence-electron chi connectivity index (χ1n) is 9.36. The molecular formula is C22H22N2O5. The lowest BCUT2D eigenvalue weighted by Gasteiger charge is -2.26. The van der Waals surface area contributed by atoms with Crippen LogP contribution in [0.15, 0.2) is 48.5 Å². The summed E-state index contributed by atoms with van der Waals surface area (Å²) in [6, 6.07) is 13.4. The number of carboxylic acid groups (broad SMARTS) is 1. The maximum atomic E-state index is 12.9. The second-order valence-corrected chi connectivity index (χ2v) is 7.18. The van der Waals surface area contributed by atoms with E-state index in [0.29, 0.717) is 0 Å². The first-order valence-corrected chi connectivity index (χ1v) is 9.36. The van der Waals surface area contributed by atoms with E-state index in [1.807, 2.05) is 30.3 Å². The number of fused-ring (bicyclic) bond motifs is 1. The Balaban J connectivity index is 1.85. The summed E-state index contributed by atoms with van der Waals surface area (Å²) in [6.45, 7) is 3.82. The molecule has 7 heteroatoms. The van der Waals surface area contributed by atoms with Crippen molar-refractivity contribution in [2.75, 3.05) is 6.54 Å². The minimum Gasteiger partial charge on any atom is -0.481 e. The summed E-state index contributed by atoms with van der Waals surface area (Å²) in [5.74, 6) is -2.19. The van der Waals surface area contributed by atoms with Gasteiger partial charge in [0.05, 0.1) is 24.1 Å². The van der Waals surface area contributed by atoms with Crippen LogP contribution in [0.2, 0.25) is 0 Å². The van der Waals surface area contributed by atoms with Gasteiger partial charge in [-0.3, -0.25) is 24.1 Å². The Morgan fingerprint density at radius 1 is 1.00 bits per heavy atom. The van der Waals surface area contributed by atoms with Gasteiger partial charge in [0.25, 0.3) is 17.7 Å². The molecule has 150 valence electrons. The third-order valence-electron chi connectivity index (χ3n) is 4.85. The normalized spacial score (nSPS) is 13.0. The fraction of sp³-hybridized carbons (Fsp3) is 0.273. The van der Waals surface area contributed by atoms with Crippen LogP contribution < -0.4 is 0 Å². The lowest BCUT2D eigenvalue weighted by atomic mass is 10.0. The molecule has 3 amide bonds. The lowest BCUT2D eigenvalue weighted by Crippen LogP contribution is -2.38.